The Morgan fingerprint density at radius 1 is 1.29 bits per heavy atom. The molecule has 1 heterocycles. The number of rotatable bonds is 4. The fourth-order valence-corrected chi connectivity index (χ4v) is 3.32. The second-order valence-electron chi connectivity index (χ2n) is 4.69. The minimum Gasteiger partial charge on any atom is -0.371 e. The molecule has 0 spiro atoms. The number of nitrogens with two attached hydrogens (primary N) is 1. The summed E-state index contributed by atoms with van der Waals surface area (Å²) in [4.78, 5) is 18.1. The molecular weight excluding hydrogens is 292 g/mol. The molecule has 0 saturated heterocycles. The molecule has 2 rings (SSSR count). The van der Waals surface area contributed by atoms with Crippen LogP contribution in [0.15, 0.2) is 28.2 Å². The summed E-state index contributed by atoms with van der Waals surface area (Å²) in [6.07, 6.45) is 1.36. The van der Waals surface area contributed by atoms with Crippen molar-refractivity contribution in [2.75, 3.05) is 18.0 Å². The van der Waals surface area contributed by atoms with Crippen molar-refractivity contribution in [2.45, 2.75) is 18.7 Å². The van der Waals surface area contributed by atoms with Gasteiger partial charge in [0.1, 0.15) is 4.90 Å². The van der Waals surface area contributed by atoms with E-state index >= 15 is 0 Å². The molecule has 0 aliphatic carbocycles. The number of primary sulfonamides is 1. The van der Waals surface area contributed by atoms with Gasteiger partial charge in [0.25, 0.3) is 5.56 Å². The second kappa shape index (κ2) is 5.45. The Morgan fingerprint density at radius 2 is 1.90 bits per heavy atom. The highest BCUT2D eigenvalue weighted by molar-refractivity contribution is 7.89. The molecule has 7 nitrogen and oxygen atoms in total. The fraction of sp³-hybridized carbons (Fsp3) is 0.385. The largest absolute Gasteiger partial charge is 0.371 e. The molecule has 0 atom stereocenters. The number of aryl methyl sites for hydroxylation is 1. The van der Waals surface area contributed by atoms with Gasteiger partial charge in [0.2, 0.25) is 10.0 Å². The maximum atomic E-state index is 12.3. The lowest BCUT2D eigenvalue weighted by atomic mass is 10.2. The number of hydrogen-bond donors (Lipinski definition) is 1. The zero-order chi connectivity index (χ0) is 15.8. The lowest BCUT2D eigenvalue weighted by Gasteiger charge is -2.24. The first-order valence-electron chi connectivity index (χ1n) is 6.57. The molecule has 0 bridgehead atoms. The van der Waals surface area contributed by atoms with Crippen molar-refractivity contribution in [3.8, 4) is 0 Å². The maximum Gasteiger partial charge on any atom is 0.262 e. The molecule has 0 fully saturated rings. The predicted octanol–water partition coefficient (Wildman–Crippen LogP) is 0.427. The van der Waals surface area contributed by atoms with Crippen LogP contribution in [0.3, 0.4) is 0 Å². The molecule has 0 saturated carbocycles. The van der Waals surface area contributed by atoms with E-state index in [-0.39, 0.29) is 10.3 Å². The van der Waals surface area contributed by atoms with E-state index in [2.05, 4.69) is 4.98 Å². The van der Waals surface area contributed by atoms with Gasteiger partial charge in [-0.1, -0.05) is 0 Å². The first-order chi connectivity index (χ1) is 9.81. The molecule has 8 heteroatoms. The lowest BCUT2D eigenvalue weighted by molar-refractivity contribution is 0.598. The van der Waals surface area contributed by atoms with Crippen LogP contribution in [-0.2, 0) is 17.1 Å². The van der Waals surface area contributed by atoms with Crippen LogP contribution in [0.5, 0.6) is 0 Å². The molecule has 114 valence electrons. The molecule has 0 aliphatic heterocycles. The Hall–Kier alpha value is -1.93. The smallest absolute Gasteiger partial charge is 0.262 e. The molecular formula is C13H18N4O3S. The summed E-state index contributed by atoms with van der Waals surface area (Å²) in [5, 5.41) is 5.39. The standard InChI is InChI=1S/C13H18N4O3S/c1-4-17(5-2)10-7-6-9-11(12(10)21(14,19)20)13(18)16(3)8-15-9/h6-8H,4-5H2,1-3H3,(H2,14,19,20). The number of anilines is 1. The van der Waals surface area contributed by atoms with E-state index in [9.17, 15) is 13.2 Å². The van der Waals surface area contributed by atoms with Gasteiger partial charge < -0.3 is 9.47 Å². The molecule has 0 amide bonds. The Labute approximate surface area is 123 Å². The third-order valence-corrected chi connectivity index (χ3v) is 4.39. The number of hydrogen-bond acceptors (Lipinski definition) is 5. The van der Waals surface area contributed by atoms with Crippen LogP contribution in [0.1, 0.15) is 13.8 Å². The summed E-state index contributed by atoms with van der Waals surface area (Å²) >= 11 is 0. The van der Waals surface area contributed by atoms with E-state index in [1.165, 1.54) is 17.9 Å². The molecule has 1 aromatic heterocycles. The van der Waals surface area contributed by atoms with Crippen molar-refractivity contribution < 1.29 is 8.42 Å². The number of nitrogens with zero attached hydrogens (tertiary/aromatic N) is 3. The van der Waals surface area contributed by atoms with Crippen LogP contribution in [0, 0.1) is 0 Å². The average molecular weight is 310 g/mol. The maximum absolute atomic E-state index is 12.3. The van der Waals surface area contributed by atoms with Gasteiger partial charge in [-0.2, -0.15) is 0 Å². The third-order valence-electron chi connectivity index (χ3n) is 3.41. The van der Waals surface area contributed by atoms with Gasteiger partial charge in [-0.25, -0.2) is 18.5 Å². The van der Waals surface area contributed by atoms with Gasteiger partial charge in [-0.05, 0) is 26.0 Å². The number of aromatic nitrogens is 2. The molecule has 0 radical (unpaired) electrons. The summed E-state index contributed by atoms with van der Waals surface area (Å²) in [6, 6.07) is 3.28. The highest BCUT2D eigenvalue weighted by Crippen LogP contribution is 2.29. The SMILES string of the molecule is CCN(CC)c1ccc2ncn(C)c(=O)c2c1S(N)(=O)=O. The van der Waals surface area contributed by atoms with Crippen molar-refractivity contribution in [3.63, 3.8) is 0 Å². The number of benzene rings is 1. The van der Waals surface area contributed by atoms with E-state index in [1.54, 1.807) is 12.1 Å². The first-order valence-corrected chi connectivity index (χ1v) is 8.12. The van der Waals surface area contributed by atoms with Gasteiger partial charge in [-0.3, -0.25) is 4.79 Å². The van der Waals surface area contributed by atoms with Crippen LogP contribution in [0.2, 0.25) is 0 Å². The Bertz CT molecular complexity index is 838. The molecule has 1 aromatic carbocycles. The Balaban J connectivity index is 3.03. The number of fused-ring (bicyclic) bond motifs is 1. The van der Waals surface area contributed by atoms with Crippen LogP contribution in [0.25, 0.3) is 10.9 Å². The molecule has 2 N–H and O–H groups in total. The quantitative estimate of drug-likeness (QED) is 0.883. The van der Waals surface area contributed by atoms with Crippen molar-refractivity contribution in [3.05, 3.63) is 28.8 Å². The van der Waals surface area contributed by atoms with E-state index in [0.29, 0.717) is 24.3 Å². The summed E-state index contributed by atoms with van der Waals surface area (Å²) in [5.41, 5.74) is 0.316. The lowest BCUT2D eigenvalue weighted by Crippen LogP contribution is -2.28. The summed E-state index contributed by atoms with van der Waals surface area (Å²) in [7, 11) is -2.54. The Kier molecular flexibility index (Phi) is 4.02. The van der Waals surface area contributed by atoms with Gasteiger partial charge in [0.15, 0.2) is 0 Å². The van der Waals surface area contributed by atoms with Gasteiger partial charge in [-0.15, -0.1) is 0 Å². The van der Waals surface area contributed by atoms with Crippen LogP contribution < -0.4 is 15.6 Å². The third kappa shape index (κ3) is 2.64. The molecule has 21 heavy (non-hydrogen) atoms. The topological polar surface area (TPSA) is 98.3 Å². The second-order valence-corrected chi connectivity index (χ2v) is 6.18. The van der Waals surface area contributed by atoms with Crippen molar-refractivity contribution in [2.24, 2.45) is 12.2 Å². The molecule has 2 aromatic rings. The monoisotopic (exact) mass is 310 g/mol. The average Bonchev–Trinajstić information content (AvgIpc) is 2.43. The van der Waals surface area contributed by atoms with Crippen molar-refractivity contribution in [1.82, 2.24) is 9.55 Å². The van der Waals surface area contributed by atoms with Gasteiger partial charge in [0, 0.05) is 20.1 Å². The van der Waals surface area contributed by atoms with E-state index in [1.807, 2.05) is 18.7 Å². The minimum atomic E-state index is -4.06. The zero-order valence-electron chi connectivity index (χ0n) is 12.2. The van der Waals surface area contributed by atoms with E-state index in [4.69, 9.17) is 5.14 Å². The van der Waals surface area contributed by atoms with Crippen molar-refractivity contribution >= 4 is 26.6 Å². The number of sulfonamides is 1. The normalized spacial score (nSPS) is 11.8. The van der Waals surface area contributed by atoms with Gasteiger partial charge >= 0.3 is 0 Å². The predicted molar refractivity (Wildman–Crippen MR) is 81.9 cm³/mol. The summed E-state index contributed by atoms with van der Waals surface area (Å²) in [5.74, 6) is 0. The Morgan fingerprint density at radius 3 is 2.43 bits per heavy atom. The van der Waals surface area contributed by atoms with Crippen LogP contribution in [-0.4, -0.2) is 31.1 Å². The highest BCUT2D eigenvalue weighted by atomic mass is 32.2. The molecule has 0 aliphatic rings. The highest BCUT2D eigenvalue weighted by Gasteiger charge is 2.23. The zero-order valence-corrected chi connectivity index (χ0v) is 13.0. The van der Waals surface area contributed by atoms with E-state index in [0.717, 1.165) is 0 Å². The van der Waals surface area contributed by atoms with Crippen LogP contribution >= 0.6 is 0 Å². The minimum absolute atomic E-state index is 0.0342. The summed E-state index contributed by atoms with van der Waals surface area (Å²) < 4.78 is 25.3. The summed E-state index contributed by atoms with van der Waals surface area (Å²) in [6.45, 7) is 5.01. The van der Waals surface area contributed by atoms with Crippen LogP contribution in [0.4, 0.5) is 5.69 Å². The fourth-order valence-electron chi connectivity index (χ4n) is 2.35. The first kappa shape index (κ1) is 15.5. The molecule has 0 unspecified atom stereocenters. The van der Waals surface area contributed by atoms with E-state index < -0.39 is 15.6 Å². The van der Waals surface area contributed by atoms with Gasteiger partial charge in [0.05, 0.1) is 22.9 Å². The van der Waals surface area contributed by atoms with Crippen molar-refractivity contribution in [1.29, 1.82) is 0 Å².